The number of hydrogen-bond donors (Lipinski definition) is 3. The van der Waals surface area contributed by atoms with Crippen LogP contribution in [0.25, 0.3) is 0 Å². The van der Waals surface area contributed by atoms with Gasteiger partial charge in [-0.15, -0.1) is 12.4 Å². The molecule has 1 heterocycles. The Morgan fingerprint density at radius 1 is 1.35 bits per heavy atom. The van der Waals surface area contributed by atoms with Gasteiger partial charge in [0.05, 0.1) is 0 Å². The summed E-state index contributed by atoms with van der Waals surface area (Å²) >= 11 is 3.35. The lowest BCUT2D eigenvalue weighted by molar-refractivity contribution is -0.00153. The zero-order valence-electron chi connectivity index (χ0n) is 12.3. The van der Waals surface area contributed by atoms with Gasteiger partial charge in [0.2, 0.25) is 0 Å². The normalized spacial score (nSPS) is 20.2. The van der Waals surface area contributed by atoms with Crippen molar-refractivity contribution >= 4 is 40.1 Å². The summed E-state index contributed by atoms with van der Waals surface area (Å²) in [6, 6.07) is 6.26. The zero-order chi connectivity index (χ0) is 16.3. The standard InChI is InChI=1S/C14H18BrF2N5.ClH/c15-10-3-1-9(2-4-10)5-7-21-12(18)11-14(16,17)6-8-22(11)13(19)20;/h1-4,11H,5-8H2,(H2,18,21)(H3,19,20);1H. The van der Waals surface area contributed by atoms with Crippen molar-refractivity contribution in [1.29, 1.82) is 5.41 Å². The molecule has 23 heavy (non-hydrogen) atoms. The summed E-state index contributed by atoms with van der Waals surface area (Å²) in [5, 5.41) is 7.38. The molecular weight excluding hydrogens is 392 g/mol. The van der Waals surface area contributed by atoms with E-state index in [-0.39, 0.29) is 31.2 Å². The lowest BCUT2D eigenvalue weighted by Gasteiger charge is -2.27. The van der Waals surface area contributed by atoms with Gasteiger partial charge in [0, 0.05) is 24.0 Å². The highest BCUT2D eigenvalue weighted by molar-refractivity contribution is 9.10. The Labute approximate surface area is 148 Å². The zero-order valence-corrected chi connectivity index (χ0v) is 14.7. The van der Waals surface area contributed by atoms with Crippen LogP contribution in [-0.2, 0) is 6.42 Å². The predicted octanol–water partition coefficient (Wildman–Crippen LogP) is 2.37. The molecule has 0 radical (unpaired) electrons. The minimum atomic E-state index is -3.02. The van der Waals surface area contributed by atoms with E-state index in [1.165, 1.54) is 0 Å². The second kappa shape index (κ2) is 7.92. The molecule has 0 aromatic heterocycles. The molecule has 0 bridgehead atoms. The number of nitrogens with two attached hydrogens (primary N) is 2. The molecule has 5 nitrogen and oxygen atoms in total. The van der Waals surface area contributed by atoms with E-state index in [4.69, 9.17) is 16.9 Å². The molecular formula is C14H19BrClF2N5. The summed E-state index contributed by atoms with van der Waals surface area (Å²) in [6.45, 7) is 0.321. The van der Waals surface area contributed by atoms with Gasteiger partial charge in [0.1, 0.15) is 5.84 Å². The molecule has 128 valence electrons. The van der Waals surface area contributed by atoms with Gasteiger partial charge in [-0.2, -0.15) is 0 Å². The third-order valence-electron chi connectivity index (χ3n) is 3.60. The van der Waals surface area contributed by atoms with E-state index in [9.17, 15) is 8.78 Å². The van der Waals surface area contributed by atoms with Gasteiger partial charge >= 0.3 is 0 Å². The van der Waals surface area contributed by atoms with Crippen molar-refractivity contribution in [1.82, 2.24) is 4.90 Å². The molecule has 1 aliphatic rings. The molecule has 0 amide bonds. The van der Waals surface area contributed by atoms with Crippen LogP contribution in [0.2, 0.25) is 0 Å². The van der Waals surface area contributed by atoms with E-state index in [1.807, 2.05) is 24.3 Å². The highest BCUT2D eigenvalue weighted by Gasteiger charge is 2.51. The van der Waals surface area contributed by atoms with Gasteiger partial charge in [-0.3, -0.25) is 10.4 Å². The topological polar surface area (TPSA) is 91.5 Å². The van der Waals surface area contributed by atoms with Gasteiger partial charge in [0.15, 0.2) is 12.0 Å². The fraction of sp³-hybridized carbons (Fsp3) is 0.429. The molecule has 0 saturated carbocycles. The van der Waals surface area contributed by atoms with Crippen LogP contribution in [0.3, 0.4) is 0 Å². The molecule has 9 heteroatoms. The van der Waals surface area contributed by atoms with Crippen LogP contribution >= 0.6 is 28.3 Å². The Morgan fingerprint density at radius 2 is 1.96 bits per heavy atom. The Hall–Kier alpha value is -1.41. The van der Waals surface area contributed by atoms with Crippen LogP contribution in [0.1, 0.15) is 12.0 Å². The highest BCUT2D eigenvalue weighted by atomic mass is 79.9. The average molecular weight is 411 g/mol. The lowest BCUT2D eigenvalue weighted by atomic mass is 10.1. The fourth-order valence-electron chi connectivity index (χ4n) is 2.45. The van der Waals surface area contributed by atoms with Crippen molar-refractivity contribution in [3.8, 4) is 0 Å². The van der Waals surface area contributed by atoms with Crippen LogP contribution in [0.4, 0.5) is 8.78 Å². The number of benzene rings is 1. The van der Waals surface area contributed by atoms with Crippen LogP contribution in [0, 0.1) is 5.41 Å². The van der Waals surface area contributed by atoms with Crippen LogP contribution in [0.15, 0.2) is 33.7 Å². The first-order valence-electron chi connectivity index (χ1n) is 6.84. The quantitative estimate of drug-likeness (QED) is 0.526. The third-order valence-corrected chi connectivity index (χ3v) is 4.12. The molecule has 1 aliphatic heterocycles. The molecule has 1 saturated heterocycles. The van der Waals surface area contributed by atoms with Gasteiger partial charge in [-0.05, 0) is 24.1 Å². The summed E-state index contributed by atoms with van der Waals surface area (Å²) in [5.41, 5.74) is 12.1. The molecule has 2 rings (SSSR count). The SMILES string of the molecule is Cl.N=C(N)N1CCC(F)(F)C1C(N)=NCCc1ccc(Br)cc1. The molecule has 1 atom stereocenters. The number of guanidine groups is 1. The molecule has 1 unspecified atom stereocenters. The van der Waals surface area contributed by atoms with E-state index < -0.39 is 17.9 Å². The smallest absolute Gasteiger partial charge is 0.276 e. The first-order chi connectivity index (χ1) is 10.3. The van der Waals surface area contributed by atoms with E-state index >= 15 is 0 Å². The van der Waals surface area contributed by atoms with Gasteiger partial charge in [-0.1, -0.05) is 28.1 Å². The Morgan fingerprint density at radius 3 is 2.52 bits per heavy atom. The van der Waals surface area contributed by atoms with E-state index in [2.05, 4.69) is 20.9 Å². The second-order valence-electron chi connectivity index (χ2n) is 5.18. The number of amidine groups is 1. The fourth-order valence-corrected chi connectivity index (χ4v) is 2.71. The summed E-state index contributed by atoms with van der Waals surface area (Å²) in [7, 11) is 0. The number of nitrogens with one attached hydrogen (secondary N) is 1. The Bertz CT molecular complexity index is 579. The van der Waals surface area contributed by atoms with Gasteiger partial charge < -0.3 is 16.4 Å². The van der Waals surface area contributed by atoms with Crippen molar-refractivity contribution in [2.75, 3.05) is 13.1 Å². The maximum absolute atomic E-state index is 13.9. The van der Waals surface area contributed by atoms with E-state index in [1.54, 1.807) is 0 Å². The van der Waals surface area contributed by atoms with Crippen LogP contribution in [0.5, 0.6) is 0 Å². The predicted molar refractivity (Wildman–Crippen MR) is 93.6 cm³/mol. The third kappa shape index (κ3) is 4.78. The highest BCUT2D eigenvalue weighted by Crippen LogP contribution is 2.33. The summed E-state index contributed by atoms with van der Waals surface area (Å²) < 4.78 is 28.8. The molecule has 5 N–H and O–H groups in total. The summed E-state index contributed by atoms with van der Waals surface area (Å²) in [4.78, 5) is 5.16. The number of alkyl halides is 2. The molecule has 0 spiro atoms. The number of hydrogen-bond acceptors (Lipinski definition) is 2. The van der Waals surface area contributed by atoms with Crippen molar-refractivity contribution in [2.45, 2.75) is 24.8 Å². The van der Waals surface area contributed by atoms with E-state index in [0.717, 1.165) is 14.9 Å². The molecule has 1 aromatic rings. The number of nitrogens with zero attached hydrogens (tertiary/aromatic N) is 2. The van der Waals surface area contributed by atoms with Gasteiger partial charge in [0.25, 0.3) is 5.92 Å². The average Bonchev–Trinajstić information content (AvgIpc) is 2.76. The Balaban J connectivity index is 0.00000264. The Kier molecular flexibility index (Phi) is 6.76. The minimum Gasteiger partial charge on any atom is -0.386 e. The second-order valence-corrected chi connectivity index (χ2v) is 6.09. The number of aliphatic imine (C=N–C) groups is 1. The van der Waals surface area contributed by atoms with Crippen molar-refractivity contribution in [3.63, 3.8) is 0 Å². The van der Waals surface area contributed by atoms with Crippen molar-refractivity contribution < 1.29 is 8.78 Å². The lowest BCUT2D eigenvalue weighted by Crippen LogP contribution is -2.52. The maximum atomic E-state index is 13.9. The van der Waals surface area contributed by atoms with E-state index in [0.29, 0.717) is 13.0 Å². The number of rotatable bonds is 4. The van der Waals surface area contributed by atoms with Gasteiger partial charge in [-0.25, -0.2) is 8.78 Å². The summed E-state index contributed by atoms with van der Waals surface area (Å²) in [6.07, 6.45) is 0.229. The van der Waals surface area contributed by atoms with Crippen molar-refractivity contribution in [3.05, 3.63) is 34.3 Å². The molecule has 1 aromatic carbocycles. The number of halogens is 4. The first-order valence-corrected chi connectivity index (χ1v) is 7.63. The number of likely N-dealkylation sites (tertiary alicyclic amines) is 1. The minimum absolute atomic E-state index is 0. The maximum Gasteiger partial charge on any atom is 0.276 e. The molecule has 1 fully saturated rings. The molecule has 0 aliphatic carbocycles. The largest absolute Gasteiger partial charge is 0.386 e. The van der Waals surface area contributed by atoms with Crippen LogP contribution in [-0.4, -0.2) is 41.7 Å². The van der Waals surface area contributed by atoms with Crippen LogP contribution < -0.4 is 11.5 Å². The monoisotopic (exact) mass is 409 g/mol. The summed E-state index contributed by atoms with van der Waals surface area (Å²) in [5.74, 6) is -3.60. The first kappa shape index (κ1) is 19.6. The van der Waals surface area contributed by atoms with Crippen molar-refractivity contribution in [2.24, 2.45) is 16.5 Å².